The van der Waals surface area contributed by atoms with E-state index in [0.717, 1.165) is 12.8 Å². The maximum Gasteiger partial charge on any atom is 0.302 e. The molecule has 0 aromatic carbocycles. The van der Waals surface area contributed by atoms with Crippen molar-refractivity contribution in [2.75, 3.05) is 6.61 Å². The first kappa shape index (κ1) is 7.32. The molecule has 0 aromatic rings. The predicted octanol–water partition coefficient (Wildman–Crippen LogP) is 1.52. The van der Waals surface area contributed by atoms with Gasteiger partial charge in [0.1, 0.15) is 0 Å². The summed E-state index contributed by atoms with van der Waals surface area (Å²) in [5.74, 6) is 0.450. The summed E-state index contributed by atoms with van der Waals surface area (Å²) in [6.45, 7) is 5.79. The molecule has 1 aliphatic carbocycles. The first-order valence-electron chi connectivity index (χ1n) is 3.51. The summed E-state index contributed by atoms with van der Waals surface area (Å²) in [5, 5.41) is 0. The molecule has 0 radical (unpaired) electrons. The number of carbonyl (C=O) groups is 1. The van der Waals surface area contributed by atoms with Gasteiger partial charge in [0.25, 0.3) is 0 Å². The van der Waals surface area contributed by atoms with E-state index in [2.05, 4.69) is 6.58 Å². The summed E-state index contributed by atoms with van der Waals surface area (Å²) in [6, 6.07) is 0. The molecule has 1 aliphatic rings. The molecule has 1 rings (SSSR count). The van der Waals surface area contributed by atoms with Gasteiger partial charge >= 0.3 is 5.97 Å². The van der Waals surface area contributed by atoms with E-state index in [1.54, 1.807) is 0 Å². The third kappa shape index (κ3) is 2.21. The molecule has 2 heteroatoms. The quantitative estimate of drug-likeness (QED) is 0.439. The lowest BCUT2D eigenvalue weighted by atomic mass is 10.3. The van der Waals surface area contributed by atoms with Crippen LogP contribution in [0.25, 0.3) is 0 Å². The van der Waals surface area contributed by atoms with Crippen LogP contribution in [-0.4, -0.2) is 12.6 Å². The number of allylic oxidation sites excluding steroid dienone is 1. The zero-order valence-electron chi connectivity index (χ0n) is 6.22. The number of esters is 1. The Labute approximate surface area is 60.9 Å². The van der Waals surface area contributed by atoms with Crippen molar-refractivity contribution < 1.29 is 9.53 Å². The van der Waals surface area contributed by atoms with Gasteiger partial charge in [-0.2, -0.15) is 0 Å². The Kier molecular flexibility index (Phi) is 2.10. The van der Waals surface area contributed by atoms with E-state index in [0.29, 0.717) is 12.5 Å². The van der Waals surface area contributed by atoms with Crippen molar-refractivity contribution in [3.8, 4) is 0 Å². The average molecular weight is 140 g/mol. The van der Waals surface area contributed by atoms with E-state index in [1.165, 1.54) is 12.5 Å². The van der Waals surface area contributed by atoms with Crippen molar-refractivity contribution in [3.05, 3.63) is 12.2 Å². The summed E-state index contributed by atoms with van der Waals surface area (Å²) < 4.78 is 4.76. The molecular weight excluding hydrogens is 128 g/mol. The highest BCUT2D eigenvalue weighted by atomic mass is 16.5. The van der Waals surface area contributed by atoms with Crippen LogP contribution < -0.4 is 0 Å². The second kappa shape index (κ2) is 2.86. The highest BCUT2D eigenvalue weighted by Gasteiger charge is 2.26. The summed E-state index contributed by atoms with van der Waals surface area (Å²) in [4.78, 5) is 10.3. The van der Waals surface area contributed by atoms with Crippen LogP contribution in [0, 0.1) is 5.92 Å². The molecule has 0 aromatic heterocycles. The lowest BCUT2D eigenvalue weighted by Crippen LogP contribution is -2.00. The standard InChI is InChI=1S/C8H12O2/c1-6-5-8(6)3-4-10-7(2)9/h8H,1,3-5H2,2H3/t8-/m0/s1. The van der Waals surface area contributed by atoms with Crippen molar-refractivity contribution in [1.29, 1.82) is 0 Å². The van der Waals surface area contributed by atoms with Crippen LogP contribution in [0.15, 0.2) is 12.2 Å². The molecule has 56 valence electrons. The van der Waals surface area contributed by atoms with Crippen LogP contribution >= 0.6 is 0 Å². The van der Waals surface area contributed by atoms with Crippen LogP contribution in [0.5, 0.6) is 0 Å². The fourth-order valence-corrected chi connectivity index (χ4v) is 0.909. The van der Waals surface area contributed by atoms with Gasteiger partial charge < -0.3 is 4.74 Å². The summed E-state index contributed by atoms with van der Waals surface area (Å²) in [5.41, 5.74) is 1.30. The van der Waals surface area contributed by atoms with Crippen molar-refractivity contribution in [2.45, 2.75) is 19.8 Å². The summed E-state index contributed by atoms with van der Waals surface area (Å²) in [7, 11) is 0. The van der Waals surface area contributed by atoms with Gasteiger partial charge in [-0.25, -0.2) is 0 Å². The molecule has 10 heavy (non-hydrogen) atoms. The number of carbonyl (C=O) groups excluding carboxylic acids is 1. The molecule has 1 atom stereocenters. The number of ether oxygens (including phenoxy) is 1. The van der Waals surface area contributed by atoms with Crippen molar-refractivity contribution in [2.24, 2.45) is 5.92 Å². The Hall–Kier alpha value is -0.790. The Morgan fingerprint density at radius 1 is 1.90 bits per heavy atom. The van der Waals surface area contributed by atoms with Crippen molar-refractivity contribution in [1.82, 2.24) is 0 Å². The van der Waals surface area contributed by atoms with Crippen LogP contribution in [0.1, 0.15) is 19.8 Å². The normalized spacial score (nSPS) is 22.5. The highest BCUT2D eigenvalue weighted by molar-refractivity contribution is 5.65. The molecule has 0 N–H and O–H groups in total. The highest BCUT2D eigenvalue weighted by Crippen LogP contribution is 2.38. The first-order valence-corrected chi connectivity index (χ1v) is 3.51. The minimum atomic E-state index is -0.189. The van der Waals surface area contributed by atoms with E-state index >= 15 is 0 Å². The van der Waals surface area contributed by atoms with Crippen LogP contribution in [-0.2, 0) is 9.53 Å². The smallest absolute Gasteiger partial charge is 0.302 e. The summed E-state index contributed by atoms with van der Waals surface area (Å²) in [6.07, 6.45) is 2.08. The minimum absolute atomic E-state index is 0.189. The second-order valence-electron chi connectivity index (χ2n) is 2.69. The van der Waals surface area contributed by atoms with Crippen LogP contribution in [0.2, 0.25) is 0 Å². The Bertz CT molecular complexity index is 161. The summed E-state index contributed by atoms with van der Waals surface area (Å²) >= 11 is 0. The maximum absolute atomic E-state index is 10.3. The van der Waals surface area contributed by atoms with Crippen LogP contribution in [0.3, 0.4) is 0 Å². The largest absolute Gasteiger partial charge is 0.466 e. The topological polar surface area (TPSA) is 26.3 Å². The molecule has 0 amide bonds. The van der Waals surface area contributed by atoms with E-state index in [1.807, 2.05) is 0 Å². The third-order valence-corrected chi connectivity index (χ3v) is 1.70. The molecule has 2 nitrogen and oxygen atoms in total. The first-order chi connectivity index (χ1) is 4.70. The third-order valence-electron chi connectivity index (χ3n) is 1.70. The maximum atomic E-state index is 10.3. The molecule has 0 saturated heterocycles. The lowest BCUT2D eigenvalue weighted by molar-refractivity contribution is -0.141. The van der Waals surface area contributed by atoms with E-state index in [4.69, 9.17) is 4.74 Å². The molecule has 0 bridgehead atoms. The molecule has 0 spiro atoms. The molecule has 1 fully saturated rings. The van der Waals surface area contributed by atoms with Gasteiger partial charge in [-0.05, 0) is 18.8 Å². The van der Waals surface area contributed by atoms with Gasteiger partial charge in [-0.1, -0.05) is 12.2 Å². The van der Waals surface area contributed by atoms with Gasteiger partial charge in [-0.3, -0.25) is 4.79 Å². The predicted molar refractivity (Wildman–Crippen MR) is 38.5 cm³/mol. The van der Waals surface area contributed by atoms with E-state index < -0.39 is 0 Å². The average Bonchev–Trinajstić information content (AvgIpc) is 2.46. The zero-order valence-corrected chi connectivity index (χ0v) is 6.22. The van der Waals surface area contributed by atoms with Gasteiger partial charge in [0.05, 0.1) is 6.61 Å². The van der Waals surface area contributed by atoms with Gasteiger partial charge in [0.15, 0.2) is 0 Å². The Morgan fingerprint density at radius 3 is 2.90 bits per heavy atom. The van der Waals surface area contributed by atoms with E-state index in [9.17, 15) is 4.79 Å². The van der Waals surface area contributed by atoms with E-state index in [-0.39, 0.29) is 5.97 Å². The fraction of sp³-hybridized carbons (Fsp3) is 0.625. The molecule has 0 aliphatic heterocycles. The molecule has 0 unspecified atom stereocenters. The van der Waals surface area contributed by atoms with Gasteiger partial charge in [0, 0.05) is 6.92 Å². The molecule has 0 heterocycles. The monoisotopic (exact) mass is 140 g/mol. The SMILES string of the molecule is C=C1C[C@@H]1CCOC(C)=O. The zero-order chi connectivity index (χ0) is 7.56. The Morgan fingerprint density at radius 2 is 2.50 bits per heavy atom. The van der Waals surface area contributed by atoms with Crippen molar-refractivity contribution in [3.63, 3.8) is 0 Å². The fourth-order valence-electron chi connectivity index (χ4n) is 0.909. The Balaban J connectivity index is 1.96. The van der Waals surface area contributed by atoms with Gasteiger partial charge in [0.2, 0.25) is 0 Å². The second-order valence-corrected chi connectivity index (χ2v) is 2.69. The number of rotatable bonds is 3. The molecule has 1 saturated carbocycles. The van der Waals surface area contributed by atoms with Crippen molar-refractivity contribution >= 4 is 5.97 Å². The number of hydrogen-bond acceptors (Lipinski definition) is 2. The molecular formula is C8H12O2. The minimum Gasteiger partial charge on any atom is -0.466 e. The lowest BCUT2D eigenvalue weighted by Gasteiger charge is -1.97. The number of hydrogen-bond donors (Lipinski definition) is 0. The van der Waals surface area contributed by atoms with Crippen LogP contribution in [0.4, 0.5) is 0 Å². The van der Waals surface area contributed by atoms with Gasteiger partial charge in [-0.15, -0.1) is 0 Å².